The number of benzene rings is 2. The Bertz CT molecular complexity index is 1570. The first-order chi connectivity index (χ1) is 19.7. The number of thiophene rings is 1. The summed E-state index contributed by atoms with van der Waals surface area (Å²) in [4.78, 5) is 41.9. The number of thiocarbonyl (C=S) groups is 1. The molecule has 5 rings (SSSR count). The third-order valence-corrected chi connectivity index (χ3v) is 8.70. The summed E-state index contributed by atoms with van der Waals surface area (Å²) >= 11 is 7.83. The Morgan fingerprint density at radius 3 is 2.59 bits per heavy atom. The summed E-state index contributed by atoms with van der Waals surface area (Å²) in [7, 11) is 0. The number of nitrogens with one attached hydrogen (secondary N) is 1. The van der Waals surface area contributed by atoms with E-state index in [2.05, 4.69) is 5.32 Å². The van der Waals surface area contributed by atoms with Gasteiger partial charge >= 0.3 is 5.97 Å². The smallest absolute Gasteiger partial charge is 0.337 e. The van der Waals surface area contributed by atoms with Crippen LogP contribution in [0.3, 0.4) is 0 Å². The fraction of sp³-hybridized carbons (Fsp3) is 0.214. The zero-order chi connectivity index (χ0) is 29.1. The van der Waals surface area contributed by atoms with Crippen molar-refractivity contribution in [2.24, 2.45) is 0 Å². The van der Waals surface area contributed by atoms with E-state index in [0.717, 1.165) is 28.8 Å². The average molecular weight is 616 g/mol. The number of rotatable bonds is 8. The van der Waals surface area contributed by atoms with Crippen LogP contribution in [0.4, 0.5) is 20.2 Å². The number of hydrogen-bond donors (Lipinski definition) is 2. The Balaban J connectivity index is 1.20. The minimum absolute atomic E-state index is 0.0490. The monoisotopic (exact) mass is 615 g/mol. The Morgan fingerprint density at radius 2 is 1.85 bits per heavy atom. The van der Waals surface area contributed by atoms with Crippen molar-refractivity contribution in [2.45, 2.75) is 6.42 Å². The maximum Gasteiger partial charge on any atom is 0.337 e. The van der Waals surface area contributed by atoms with Crippen molar-refractivity contribution in [1.29, 1.82) is 0 Å². The van der Waals surface area contributed by atoms with E-state index in [1.54, 1.807) is 29.7 Å². The third-order valence-electron chi connectivity index (χ3n) is 6.44. The molecule has 0 saturated carbocycles. The van der Waals surface area contributed by atoms with Crippen LogP contribution in [0, 0.1) is 11.6 Å². The second-order valence-electron chi connectivity index (χ2n) is 9.13. The standard InChI is InChI=1S/C28H23F2N3O5S3/c29-21-3-1-16(12-22(21)30)17-11-19(40-15-17)14-24-26(35)33(28(39)41-24)6-5-25(34)31-18-2-4-23(20(13-18)27(36)37)32-7-9-38-10-8-32/h1-4,11-15H,5-10H2,(H,31,34)(H,36,37)/b24-14-. The Kier molecular flexibility index (Phi) is 8.78. The topological polar surface area (TPSA) is 99.2 Å². The SMILES string of the molecule is O=C(CCN1C(=O)/C(=C/c2cc(-c3ccc(F)c(F)c3)cs2)SC1=S)Nc1ccc(N2CCOCC2)c(C(=O)O)c1. The van der Waals surface area contributed by atoms with Crippen molar-refractivity contribution >= 4 is 74.9 Å². The lowest BCUT2D eigenvalue weighted by Gasteiger charge is -2.30. The van der Waals surface area contributed by atoms with Crippen molar-refractivity contribution in [3.05, 3.63) is 74.8 Å². The van der Waals surface area contributed by atoms with Gasteiger partial charge in [0.2, 0.25) is 5.91 Å². The van der Waals surface area contributed by atoms with E-state index in [0.29, 0.717) is 58.0 Å². The van der Waals surface area contributed by atoms with E-state index in [1.165, 1.54) is 28.4 Å². The van der Waals surface area contributed by atoms with Gasteiger partial charge in [-0.25, -0.2) is 13.6 Å². The lowest BCUT2D eigenvalue weighted by molar-refractivity contribution is -0.122. The summed E-state index contributed by atoms with van der Waals surface area (Å²) in [6.45, 7) is 2.22. The molecule has 1 aromatic heterocycles. The van der Waals surface area contributed by atoms with E-state index in [-0.39, 0.29) is 24.4 Å². The number of aromatic carboxylic acids is 1. The highest BCUT2D eigenvalue weighted by Gasteiger charge is 2.32. The number of hydrogen-bond acceptors (Lipinski definition) is 8. The minimum atomic E-state index is -1.10. The molecule has 212 valence electrons. The average Bonchev–Trinajstić information content (AvgIpc) is 3.53. The first-order valence-corrected chi connectivity index (χ1v) is 14.6. The summed E-state index contributed by atoms with van der Waals surface area (Å²) in [6, 6.07) is 10.2. The number of carboxylic acid groups (broad SMARTS) is 1. The predicted molar refractivity (Wildman–Crippen MR) is 159 cm³/mol. The van der Waals surface area contributed by atoms with Crippen molar-refractivity contribution in [3.8, 4) is 11.1 Å². The second kappa shape index (κ2) is 12.5. The summed E-state index contributed by atoms with van der Waals surface area (Å²) in [5, 5.41) is 14.2. The molecule has 2 saturated heterocycles. The molecular formula is C28H23F2N3O5S3. The van der Waals surface area contributed by atoms with Gasteiger partial charge in [-0.3, -0.25) is 14.5 Å². The fourth-order valence-electron chi connectivity index (χ4n) is 4.38. The summed E-state index contributed by atoms with van der Waals surface area (Å²) in [6.07, 6.45) is 1.63. The molecule has 41 heavy (non-hydrogen) atoms. The molecule has 2 aromatic carbocycles. The fourth-order valence-corrected chi connectivity index (χ4v) is 6.60. The first-order valence-electron chi connectivity index (χ1n) is 12.5. The highest BCUT2D eigenvalue weighted by atomic mass is 32.2. The molecule has 2 N–H and O–H groups in total. The van der Waals surface area contributed by atoms with E-state index < -0.39 is 23.5 Å². The molecule has 0 aliphatic carbocycles. The third kappa shape index (κ3) is 6.64. The van der Waals surface area contributed by atoms with Crippen molar-refractivity contribution < 1.29 is 33.0 Å². The number of carboxylic acids is 1. The number of thioether (sulfide) groups is 1. The molecular weight excluding hydrogens is 593 g/mol. The van der Waals surface area contributed by atoms with Crippen LogP contribution in [0.15, 0.2) is 52.7 Å². The predicted octanol–water partition coefficient (Wildman–Crippen LogP) is 5.46. The number of amides is 2. The van der Waals surface area contributed by atoms with E-state index in [4.69, 9.17) is 17.0 Å². The van der Waals surface area contributed by atoms with Gasteiger partial charge in [-0.1, -0.05) is 30.0 Å². The Labute approximate surface area is 247 Å². The van der Waals surface area contributed by atoms with Crippen molar-refractivity contribution in [2.75, 3.05) is 43.1 Å². The first kappa shape index (κ1) is 28.9. The normalized spacial score (nSPS) is 16.5. The zero-order valence-electron chi connectivity index (χ0n) is 21.4. The van der Waals surface area contributed by atoms with Crippen LogP contribution >= 0.6 is 35.3 Å². The quantitative estimate of drug-likeness (QED) is 0.255. The number of morpholine rings is 1. The van der Waals surface area contributed by atoms with E-state index in [9.17, 15) is 28.3 Å². The molecule has 0 bridgehead atoms. The largest absolute Gasteiger partial charge is 0.478 e. The van der Waals surface area contributed by atoms with Crippen LogP contribution in [0.25, 0.3) is 17.2 Å². The van der Waals surface area contributed by atoms with Gasteiger partial charge in [-0.15, -0.1) is 11.3 Å². The summed E-state index contributed by atoms with van der Waals surface area (Å²) < 4.78 is 32.5. The lowest BCUT2D eigenvalue weighted by atomic mass is 10.1. The molecule has 3 aromatic rings. The number of ether oxygens (including phenoxy) is 1. The maximum atomic E-state index is 13.6. The number of carbonyl (C=O) groups excluding carboxylic acids is 2. The molecule has 13 heteroatoms. The molecule has 2 aliphatic rings. The highest BCUT2D eigenvalue weighted by Crippen LogP contribution is 2.35. The molecule has 2 amide bonds. The van der Waals surface area contributed by atoms with E-state index in [1.807, 2.05) is 4.90 Å². The van der Waals surface area contributed by atoms with Crippen molar-refractivity contribution in [1.82, 2.24) is 4.90 Å². The van der Waals surface area contributed by atoms with Crippen LogP contribution in [0.5, 0.6) is 0 Å². The van der Waals surface area contributed by atoms with Gasteiger partial charge in [0.1, 0.15) is 4.32 Å². The zero-order valence-corrected chi connectivity index (χ0v) is 23.8. The maximum absolute atomic E-state index is 13.6. The molecule has 8 nitrogen and oxygen atoms in total. The number of anilines is 2. The Hall–Kier alpha value is -3.65. The van der Waals surface area contributed by atoms with Crippen LogP contribution < -0.4 is 10.2 Å². The molecule has 2 aliphatic heterocycles. The van der Waals surface area contributed by atoms with Gasteiger partial charge in [-0.05, 0) is 59.0 Å². The molecule has 0 spiro atoms. The van der Waals surface area contributed by atoms with Crippen LogP contribution in [-0.2, 0) is 14.3 Å². The minimum Gasteiger partial charge on any atom is -0.478 e. The second-order valence-corrected chi connectivity index (χ2v) is 11.8. The van der Waals surface area contributed by atoms with Gasteiger partial charge in [0, 0.05) is 36.6 Å². The van der Waals surface area contributed by atoms with Gasteiger partial charge in [0.05, 0.1) is 29.4 Å². The molecule has 0 atom stereocenters. The van der Waals surface area contributed by atoms with Crippen LogP contribution in [0.1, 0.15) is 21.7 Å². The number of halogens is 2. The Morgan fingerprint density at radius 1 is 1.07 bits per heavy atom. The number of carbonyl (C=O) groups is 3. The van der Waals surface area contributed by atoms with Gasteiger partial charge < -0.3 is 20.1 Å². The summed E-state index contributed by atoms with van der Waals surface area (Å²) in [5.41, 5.74) is 2.18. The van der Waals surface area contributed by atoms with Crippen molar-refractivity contribution in [3.63, 3.8) is 0 Å². The van der Waals surface area contributed by atoms with Gasteiger partial charge in [-0.2, -0.15) is 0 Å². The van der Waals surface area contributed by atoms with Crippen LogP contribution in [0.2, 0.25) is 0 Å². The molecule has 0 unspecified atom stereocenters. The highest BCUT2D eigenvalue weighted by molar-refractivity contribution is 8.26. The molecule has 3 heterocycles. The molecule has 0 radical (unpaired) electrons. The summed E-state index contributed by atoms with van der Waals surface area (Å²) in [5.74, 6) is -3.69. The lowest BCUT2D eigenvalue weighted by Crippen LogP contribution is -2.37. The van der Waals surface area contributed by atoms with E-state index >= 15 is 0 Å². The molecule has 2 fully saturated rings. The number of nitrogens with zero attached hydrogens (tertiary/aromatic N) is 2. The van der Waals surface area contributed by atoms with Crippen LogP contribution in [-0.4, -0.2) is 65.0 Å². The van der Waals surface area contributed by atoms with Gasteiger partial charge in [0.25, 0.3) is 5.91 Å². The van der Waals surface area contributed by atoms with Gasteiger partial charge in [0.15, 0.2) is 11.6 Å².